The van der Waals surface area contributed by atoms with Gasteiger partial charge in [-0.1, -0.05) is 86.7 Å². The molecule has 0 N–H and O–H groups in total. The second-order valence-corrected chi connectivity index (χ2v) is 18.8. The predicted molar refractivity (Wildman–Crippen MR) is 204 cm³/mol. The Kier molecular flexibility index (Phi) is 9.44. The molecule has 0 unspecified atom stereocenters. The van der Waals surface area contributed by atoms with E-state index >= 15 is 0 Å². The molecule has 0 atom stereocenters. The fraction of sp³-hybridized carbons (Fsp3) is 0.233. The first kappa shape index (κ1) is 31.7. The third-order valence-electron chi connectivity index (χ3n) is 8.61. The average Bonchev–Trinajstić information content (AvgIpc) is 3.47. The summed E-state index contributed by atoms with van der Waals surface area (Å²) in [6.07, 6.45) is 4.86. The molecule has 4 nitrogen and oxygen atoms in total. The Labute approximate surface area is 315 Å². The van der Waals surface area contributed by atoms with Crippen LogP contribution in [0.2, 0.25) is 19.6 Å². The van der Waals surface area contributed by atoms with Gasteiger partial charge in [0.2, 0.25) is 5.71 Å². The molecule has 0 amide bonds. The van der Waals surface area contributed by atoms with E-state index in [1.54, 1.807) is 24.4 Å². The van der Waals surface area contributed by atoms with E-state index in [4.69, 9.17) is 9.90 Å². The molecule has 1 radical (unpaired) electrons. The topological polar surface area (TPSA) is 51.8 Å². The molecule has 4 heterocycles. The van der Waals surface area contributed by atoms with Gasteiger partial charge in [0.1, 0.15) is 5.82 Å². The van der Waals surface area contributed by atoms with E-state index in [9.17, 15) is 4.39 Å². The molecule has 0 aliphatic carbocycles. The van der Waals surface area contributed by atoms with E-state index in [1.165, 1.54) is 17.4 Å². The molecule has 0 aliphatic rings. The van der Waals surface area contributed by atoms with Crippen LogP contribution in [0.3, 0.4) is 0 Å². The molecule has 257 valence electrons. The van der Waals surface area contributed by atoms with Crippen LogP contribution in [0, 0.1) is 45.6 Å². The largest absolute Gasteiger partial charge is 0.486 e. The van der Waals surface area contributed by atoms with Gasteiger partial charge in [-0.2, -0.15) is 0 Å². The summed E-state index contributed by atoms with van der Waals surface area (Å²) in [5.74, 6) is -1.06. The predicted octanol–water partition coefficient (Wildman–Crippen LogP) is 11.1. The molecular formula is C43H42FIrN3OSi-2. The summed E-state index contributed by atoms with van der Waals surface area (Å²) in [6, 6.07) is 26.6. The number of rotatable bonds is 5. The molecule has 0 saturated heterocycles. The summed E-state index contributed by atoms with van der Waals surface area (Å²) in [5, 5.41) is 3.06. The van der Waals surface area contributed by atoms with Gasteiger partial charge in [-0.05, 0) is 72.1 Å². The van der Waals surface area contributed by atoms with Crippen molar-refractivity contribution >= 4 is 35.3 Å². The van der Waals surface area contributed by atoms with Crippen LogP contribution in [0.1, 0.15) is 53.0 Å². The number of hydrogen-bond donors (Lipinski definition) is 0. The minimum absolute atomic E-state index is 0. The summed E-state index contributed by atoms with van der Waals surface area (Å²) in [4.78, 5) is 13.2. The summed E-state index contributed by atoms with van der Waals surface area (Å²) < 4.78 is 51.6. The number of benzene rings is 3. The van der Waals surface area contributed by atoms with Crippen molar-refractivity contribution in [2.75, 3.05) is 0 Å². The molecule has 7 aromatic rings. The van der Waals surface area contributed by atoms with E-state index in [2.05, 4.69) is 58.9 Å². The van der Waals surface area contributed by atoms with Crippen molar-refractivity contribution < 1.29 is 34.4 Å². The zero-order valence-corrected chi connectivity index (χ0v) is 32.9. The van der Waals surface area contributed by atoms with Crippen LogP contribution in [0.4, 0.5) is 4.39 Å². The molecular weight excluding hydrogens is 814 g/mol. The third kappa shape index (κ3) is 7.56. The zero-order chi connectivity index (χ0) is 38.5. The number of furan rings is 1. The second kappa shape index (κ2) is 14.9. The fourth-order valence-corrected chi connectivity index (χ4v) is 7.92. The van der Waals surface area contributed by atoms with Crippen molar-refractivity contribution in [2.24, 2.45) is 0 Å². The van der Waals surface area contributed by atoms with E-state index < -0.39 is 20.8 Å². The van der Waals surface area contributed by atoms with Crippen LogP contribution < -0.4 is 5.19 Å². The zero-order valence-electron chi connectivity index (χ0n) is 33.5. The van der Waals surface area contributed by atoms with Crippen LogP contribution in [-0.4, -0.2) is 23.0 Å². The Hall–Kier alpha value is -4.29. The number of nitrogens with zero attached hydrogens (tertiary/aromatic N) is 3. The third-order valence-corrected chi connectivity index (χ3v) is 10.6. The van der Waals surface area contributed by atoms with Crippen molar-refractivity contribution in [1.29, 1.82) is 0 Å². The molecule has 0 spiro atoms. The molecule has 0 bridgehead atoms. The monoisotopic (exact) mass is 860 g/mol. The fourth-order valence-electron chi connectivity index (χ4n) is 6.34. The molecule has 7 rings (SSSR count). The Bertz CT molecular complexity index is 2450. The number of pyridine rings is 3. The standard InChI is InChI=1S/C25H18FN2O.C18H24NSi.Ir/c1-14-10-15(2)23(16(3)11-14)20-12-22(28-13-21(20)26)19-7-4-6-17-18-8-5-9-27-25(18)29-24(17)19;1-13(2)16-11-17(15-9-7-14(3)8-10-15)19-12-18(16)20(4,5)6;/h4-6,8-13H,1-3H3;7-9,11-13H,1-6H3;/q2*-1;/i;3D3,13D;. The Morgan fingerprint density at radius 3 is 2.26 bits per heavy atom. The summed E-state index contributed by atoms with van der Waals surface area (Å²) in [7, 11) is -1.61. The number of aryl methyl sites for hydroxylation is 4. The second-order valence-electron chi connectivity index (χ2n) is 13.7. The van der Waals surface area contributed by atoms with Gasteiger partial charge in [0.05, 0.1) is 19.9 Å². The van der Waals surface area contributed by atoms with E-state index in [0.717, 1.165) is 49.8 Å². The van der Waals surface area contributed by atoms with Crippen molar-refractivity contribution in [3.63, 3.8) is 0 Å². The first-order valence-electron chi connectivity index (χ1n) is 18.3. The van der Waals surface area contributed by atoms with E-state index in [1.807, 2.05) is 71.1 Å². The summed E-state index contributed by atoms with van der Waals surface area (Å²) >= 11 is 0. The van der Waals surface area contributed by atoms with Crippen LogP contribution in [0.25, 0.3) is 55.7 Å². The van der Waals surface area contributed by atoms with Crippen LogP contribution in [0.5, 0.6) is 0 Å². The first-order valence-corrected chi connectivity index (χ1v) is 19.8. The van der Waals surface area contributed by atoms with Gasteiger partial charge >= 0.3 is 0 Å². The van der Waals surface area contributed by atoms with Crippen LogP contribution in [-0.2, 0) is 20.1 Å². The average molecular weight is 860 g/mol. The van der Waals surface area contributed by atoms with Crippen molar-refractivity contribution in [2.45, 2.75) is 67.0 Å². The van der Waals surface area contributed by atoms with Gasteiger partial charge in [-0.25, -0.2) is 9.37 Å². The maximum Gasteiger partial charge on any atom is 0.216 e. The van der Waals surface area contributed by atoms with Gasteiger partial charge in [0, 0.05) is 48.9 Å². The number of halogens is 1. The number of fused-ring (bicyclic) bond motifs is 3. The summed E-state index contributed by atoms with van der Waals surface area (Å²) in [5.41, 5.74) is 9.92. The molecule has 3 aromatic carbocycles. The van der Waals surface area contributed by atoms with Crippen LogP contribution >= 0.6 is 0 Å². The van der Waals surface area contributed by atoms with Gasteiger partial charge < -0.3 is 14.4 Å². The van der Waals surface area contributed by atoms with Crippen molar-refractivity contribution in [1.82, 2.24) is 15.0 Å². The molecule has 7 heteroatoms. The molecule has 0 aliphatic heterocycles. The Morgan fingerprint density at radius 2 is 1.60 bits per heavy atom. The minimum atomic E-state index is -2.13. The number of aromatic nitrogens is 3. The SMILES string of the molecule is Cc1cc(C)c(-c2cc(-c3[c-]ccc4c3oc3ncccc34)ncc2F)c(C)c1.[2H]C([2H])([2H])c1c[c-]c(-c2cc(C([2H])(C)C)c([Si](C)(C)C)cn2)cc1.[Ir]. The van der Waals surface area contributed by atoms with Gasteiger partial charge in [-0.15, -0.1) is 53.6 Å². The maximum atomic E-state index is 14.8. The smallest absolute Gasteiger partial charge is 0.216 e. The van der Waals surface area contributed by atoms with Gasteiger partial charge in [0.15, 0.2) is 0 Å². The normalized spacial score (nSPS) is 13.1. The Balaban J connectivity index is 0.000000208. The maximum absolute atomic E-state index is 14.8. The molecule has 0 saturated carbocycles. The van der Waals surface area contributed by atoms with Crippen molar-refractivity contribution in [3.05, 3.63) is 131 Å². The molecule has 4 aromatic heterocycles. The quantitative estimate of drug-likeness (QED) is 0.128. The minimum Gasteiger partial charge on any atom is -0.486 e. The van der Waals surface area contributed by atoms with Gasteiger partial charge in [-0.3, -0.25) is 0 Å². The van der Waals surface area contributed by atoms with Crippen LogP contribution in [0.15, 0.2) is 89.7 Å². The first-order chi connectivity index (χ1) is 24.8. The summed E-state index contributed by atoms with van der Waals surface area (Å²) in [6.45, 7) is 14.4. The number of hydrogen-bond acceptors (Lipinski definition) is 4. The van der Waals surface area contributed by atoms with Crippen molar-refractivity contribution in [3.8, 4) is 33.6 Å². The van der Waals surface area contributed by atoms with E-state index in [0.29, 0.717) is 28.1 Å². The van der Waals surface area contributed by atoms with E-state index in [-0.39, 0.29) is 31.5 Å². The molecule has 0 fully saturated rings. The van der Waals surface area contributed by atoms with Gasteiger partial charge in [0.25, 0.3) is 0 Å². The Morgan fingerprint density at radius 1 is 0.860 bits per heavy atom. The molecule has 50 heavy (non-hydrogen) atoms.